The van der Waals surface area contributed by atoms with Gasteiger partial charge in [0.15, 0.2) is 5.82 Å². The minimum absolute atomic E-state index is 0.159. The first-order valence-corrected chi connectivity index (χ1v) is 13.9. The predicted octanol–water partition coefficient (Wildman–Crippen LogP) is 6.31. The molecule has 38 heavy (non-hydrogen) atoms. The van der Waals surface area contributed by atoms with Crippen molar-refractivity contribution >= 4 is 35.0 Å². The van der Waals surface area contributed by atoms with Crippen LogP contribution in [0.4, 0.5) is 16.4 Å². The number of hydrogen-bond acceptors (Lipinski definition) is 8. The number of likely N-dealkylation sites (tertiary alicyclic amines) is 1. The van der Waals surface area contributed by atoms with Gasteiger partial charge in [-0.15, -0.1) is 11.3 Å². The highest BCUT2D eigenvalue weighted by atomic mass is 32.1. The molecule has 0 unspecified atom stereocenters. The van der Waals surface area contributed by atoms with Crippen molar-refractivity contribution in [3.63, 3.8) is 0 Å². The average molecular weight is 540 g/mol. The van der Waals surface area contributed by atoms with Gasteiger partial charge < -0.3 is 19.7 Å². The maximum atomic E-state index is 12.6. The Morgan fingerprint density at radius 3 is 2.55 bits per heavy atom. The quantitative estimate of drug-likeness (QED) is 0.351. The largest absolute Gasteiger partial charge is 0.465 e. The Balaban J connectivity index is 1.55. The molecule has 1 saturated heterocycles. The normalized spacial score (nSPS) is 14.6. The zero-order valence-electron chi connectivity index (χ0n) is 23.0. The van der Waals surface area contributed by atoms with Gasteiger partial charge in [0.1, 0.15) is 17.0 Å². The molecule has 1 fully saturated rings. The van der Waals surface area contributed by atoms with Gasteiger partial charge >= 0.3 is 12.1 Å². The molecule has 0 radical (unpaired) electrons. The summed E-state index contributed by atoms with van der Waals surface area (Å²) in [4.78, 5) is 32.5. The van der Waals surface area contributed by atoms with Crippen molar-refractivity contribution in [1.29, 1.82) is 0 Å². The Morgan fingerprint density at radius 2 is 1.95 bits per heavy atom. The first-order chi connectivity index (χ1) is 18.0. The summed E-state index contributed by atoms with van der Waals surface area (Å²) < 4.78 is 12.7. The molecule has 3 aromatic rings. The van der Waals surface area contributed by atoms with Crippen molar-refractivity contribution in [2.75, 3.05) is 25.5 Å². The first kappa shape index (κ1) is 27.6. The lowest BCUT2D eigenvalue weighted by molar-refractivity contribution is 0.0183. The Labute approximate surface area is 228 Å². The van der Waals surface area contributed by atoms with E-state index in [9.17, 15) is 9.59 Å². The van der Waals surface area contributed by atoms with Crippen LogP contribution in [0.5, 0.6) is 0 Å². The number of hydrogen-bond donors (Lipinski definition) is 1. The number of aromatic nitrogens is 3. The van der Waals surface area contributed by atoms with Crippen LogP contribution >= 0.6 is 11.3 Å². The topological polar surface area (TPSA) is 98.6 Å². The number of piperidine rings is 1. The maximum absolute atomic E-state index is 12.6. The number of anilines is 2. The van der Waals surface area contributed by atoms with Gasteiger partial charge in [-0.2, -0.15) is 5.10 Å². The minimum Gasteiger partial charge on any atom is -0.465 e. The zero-order valence-corrected chi connectivity index (χ0v) is 23.8. The van der Waals surface area contributed by atoms with Crippen molar-refractivity contribution in [3.8, 4) is 10.4 Å². The molecule has 0 atom stereocenters. The third-order valence-electron chi connectivity index (χ3n) is 6.24. The van der Waals surface area contributed by atoms with Crippen molar-refractivity contribution < 1.29 is 19.1 Å². The average Bonchev–Trinajstić information content (AvgIpc) is 3.53. The van der Waals surface area contributed by atoms with E-state index in [2.05, 4.69) is 28.8 Å². The lowest BCUT2D eigenvalue weighted by Crippen LogP contribution is -2.42. The second-order valence-electron chi connectivity index (χ2n) is 11.0. The summed E-state index contributed by atoms with van der Waals surface area (Å²) in [5, 5.41) is 10.1. The second kappa shape index (κ2) is 11.6. The van der Waals surface area contributed by atoms with Gasteiger partial charge in [-0.3, -0.25) is 4.68 Å². The monoisotopic (exact) mass is 539 g/mol. The first-order valence-electron chi connectivity index (χ1n) is 13.0. The Kier molecular flexibility index (Phi) is 8.40. The van der Waals surface area contributed by atoms with Gasteiger partial charge in [-0.1, -0.05) is 19.9 Å². The zero-order chi connectivity index (χ0) is 27.4. The van der Waals surface area contributed by atoms with Crippen molar-refractivity contribution in [1.82, 2.24) is 19.7 Å². The lowest BCUT2D eigenvalue weighted by atomic mass is 10.0. The highest BCUT2D eigenvalue weighted by molar-refractivity contribution is 7.13. The molecular weight excluding hydrogens is 502 g/mol. The van der Waals surface area contributed by atoms with Crippen molar-refractivity contribution in [2.45, 2.75) is 65.5 Å². The Bertz CT molecular complexity index is 1250. The summed E-state index contributed by atoms with van der Waals surface area (Å²) in [5.41, 5.74) is 1.80. The van der Waals surface area contributed by atoms with E-state index in [0.717, 1.165) is 35.4 Å². The number of esters is 1. The van der Waals surface area contributed by atoms with Crippen molar-refractivity contribution in [2.24, 2.45) is 5.92 Å². The molecule has 3 aromatic heterocycles. The van der Waals surface area contributed by atoms with Gasteiger partial charge in [0.25, 0.3) is 0 Å². The molecule has 1 amide bonds. The van der Waals surface area contributed by atoms with E-state index < -0.39 is 11.6 Å². The van der Waals surface area contributed by atoms with Crippen LogP contribution in [0.2, 0.25) is 0 Å². The van der Waals surface area contributed by atoms with Gasteiger partial charge in [-0.05, 0) is 63.5 Å². The molecule has 10 heteroatoms. The fourth-order valence-electron chi connectivity index (χ4n) is 4.53. The molecule has 0 aliphatic carbocycles. The lowest BCUT2D eigenvalue weighted by Gasteiger charge is -2.34. The van der Waals surface area contributed by atoms with E-state index in [1.54, 1.807) is 28.5 Å². The second-order valence-corrected chi connectivity index (χ2v) is 11.9. The number of amides is 1. The minimum atomic E-state index is -0.514. The Morgan fingerprint density at radius 1 is 1.21 bits per heavy atom. The number of carbonyl (C=O) groups excluding carboxylic acids is 2. The van der Waals surface area contributed by atoms with Crippen LogP contribution in [0.25, 0.3) is 10.4 Å². The van der Waals surface area contributed by atoms with E-state index in [0.29, 0.717) is 36.2 Å². The molecule has 1 aliphatic heterocycles. The fourth-order valence-corrected chi connectivity index (χ4v) is 5.24. The molecule has 9 nitrogen and oxygen atoms in total. The molecule has 0 bridgehead atoms. The molecule has 4 heterocycles. The third kappa shape index (κ3) is 6.72. The SMILES string of the molecule is COC(=O)c1cc(-c2cccs2)cnc1Nc1cc(CC(C)C)n(C2CCN(C(=O)OC(C)(C)C)CC2)n1. The van der Waals surface area contributed by atoms with Crippen LogP contribution in [0.3, 0.4) is 0 Å². The standard InChI is InChI=1S/C28H37N5O4S/c1-18(2)14-21-16-24(31-33(21)20-9-11-32(12-10-20)27(35)37-28(3,4)5)30-25-22(26(34)36-6)15-19(17-29-25)23-8-7-13-38-23/h7-8,13,15-18,20H,9-12,14H2,1-6H3,(H,29,30,31). The third-order valence-corrected chi connectivity index (χ3v) is 7.16. The van der Waals surface area contributed by atoms with Gasteiger partial charge in [0.2, 0.25) is 0 Å². The number of thiophene rings is 1. The van der Waals surface area contributed by atoms with Crippen LogP contribution in [0.1, 0.15) is 69.6 Å². The van der Waals surface area contributed by atoms with E-state index in [4.69, 9.17) is 14.6 Å². The molecule has 0 spiro atoms. The van der Waals surface area contributed by atoms with Gasteiger partial charge in [0.05, 0.1) is 13.2 Å². The highest BCUT2D eigenvalue weighted by Gasteiger charge is 2.29. The van der Waals surface area contributed by atoms with Gasteiger partial charge in [-0.25, -0.2) is 14.6 Å². The molecule has 204 valence electrons. The molecule has 4 rings (SSSR count). The van der Waals surface area contributed by atoms with E-state index in [1.165, 1.54) is 7.11 Å². The van der Waals surface area contributed by atoms with Gasteiger partial charge in [0, 0.05) is 41.5 Å². The number of nitrogens with zero attached hydrogens (tertiary/aromatic N) is 4. The van der Waals surface area contributed by atoms with Crippen LogP contribution in [0, 0.1) is 5.92 Å². The summed E-state index contributed by atoms with van der Waals surface area (Å²) in [6, 6.07) is 7.93. The van der Waals surface area contributed by atoms with Crippen LogP contribution in [0.15, 0.2) is 35.8 Å². The molecule has 1 aliphatic rings. The molecule has 0 saturated carbocycles. The highest BCUT2D eigenvalue weighted by Crippen LogP contribution is 2.31. The number of ether oxygens (including phenoxy) is 2. The fraction of sp³-hybridized carbons (Fsp3) is 0.500. The van der Waals surface area contributed by atoms with Crippen LogP contribution < -0.4 is 5.32 Å². The number of methoxy groups -OCH3 is 1. The predicted molar refractivity (Wildman–Crippen MR) is 149 cm³/mol. The molecular formula is C28H37N5O4S. The number of rotatable bonds is 7. The molecule has 1 N–H and O–H groups in total. The summed E-state index contributed by atoms with van der Waals surface area (Å²) in [6.45, 7) is 11.2. The van der Waals surface area contributed by atoms with E-state index >= 15 is 0 Å². The number of nitrogens with one attached hydrogen (secondary N) is 1. The summed E-state index contributed by atoms with van der Waals surface area (Å²) in [6.07, 6.45) is 3.90. The summed E-state index contributed by atoms with van der Waals surface area (Å²) in [7, 11) is 1.36. The maximum Gasteiger partial charge on any atom is 0.410 e. The van der Waals surface area contributed by atoms with Crippen molar-refractivity contribution in [3.05, 3.63) is 47.1 Å². The number of carbonyl (C=O) groups is 2. The summed E-state index contributed by atoms with van der Waals surface area (Å²) >= 11 is 1.58. The van der Waals surface area contributed by atoms with Crippen LogP contribution in [-0.4, -0.2) is 57.5 Å². The van der Waals surface area contributed by atoms with E-state index in [1.807, 2.05) is 44.4 Å². The molecule has 0 aromatic carbocycles. The number of pyridine rings is 1. The van der Waals surface area contributed by atoms with E-state index in [-0.39, 0.29) is 12.1 Å². The Hall–Kier alpha value is -3.40. The smallest absolute Gasteiger partial charge is 0.410 e. The summed E-state index contributed by atoms with van der Waals surface area (Å²) in [5.74, 6) is 0.998. The van der Waals surface area contributed by atoms with Crippen LogP contribution in [-0.2, 0) is 15.9 Å².